The summed E-state index contributed by atoms with van der Waals surface area (Å²) in [5, 5.41) is 7.07. The van der Waals surface area contributed by atoms with Crippen LogP contribution in [0.3, 0.4) is 0 Å². The van der Waals surface area contributed by atoms with Crippen LogP contribution < -0.4 is 14.8 Å². The number of rotatable bonds is 5. The molecule has 1 aromatic heterocycles. The van der Waals surface area contributed by atoms with Crippen LogP contribution in [-0.2, 0) is 11.8 Å². The summed E-state index contributed by atoms with van der Waals surface area (Å²) in [4.78, 5) is 12.4. The number of nitrogens with zero attached hydrogens (tertiary/aromatic N) is 2. The zero-order valence-electron chi connectivity index (χ0n) is 12.4. The van der Waals surface area contributed by atoms with E-state index in [2.05, 4.69) is 10.4 Å². The van der Waals surface area contributed by atoms with Crippen molar-refractivity contribution in [3.8, 4) is 11.5 Å². The van der Waals surface area contributed by atoms with Gasteiger partial charge in [0.15, 0.2) is 11.5 Å². The fraction of sp³-hybridized carbons (Fsp3) is 0.333. The van der Waals surface area contributed by atoms with E-state index < -0.39 is 0 Å². The van der Waals surface area contributed by atoms with Gasteiger partial charge < -0.3 is 19.5 Å². The van der Waals surface area contributed by atoms with Crippen LogP contribution in [0.15, 0.2) is 30.5 Å². The average molecular weight is 303 g/mol. The lowest BCUT2D eigenvalue weighted by Crippen LogP contribution is -2.32. The molecule has 1 aliphatic heterocycles. The molecule has 1 atom stereocenters. The fourth-order valence-corrected chi connectivity index (χ4v) is 2.37. The zero-order valence-corrected chi connectivity index (χ0v) is 12.4. The molecular weight excluding hydrogens is 286 g/mol. The van der Waals surface area contributed by atoms with Crippen LogP contribution >= 0.6 is 0 Å². The summed E-state index contributed by atoms with van der Waals surface area (Å²) in [5.41, 5.74) is 1.38. The number of hydrogen-bond acceptors (Lipinski definition) is 5. The number of amides is 1. The molecule has 7 heteroatoms. The first-order valence-electron chi connectivity index (χ1n) is 6.86. The Hall–Kier alpha value is -2.54. The molecule has 3 rings (SSSR count). The molecule has 0 unspecified atom stereocenters. The lowest BCUT2D eigenvalue weighted by molar-refractivity contribution is 0.0892. The molecule has 2 aromatic rings. The standard InChI is InChI=1S/C15H17N3O4/c1-18-12(5-6-16-18)11(8-20-2)17-15(19)10-3-4-13-14(7-10)22-9-21-13/h3-7,11H,8-9H2,1-2H3,(H,17,19)/t11-/m0/s1. The second-order valence-electron chi connectivity index (χ2n) is 4.93. The Labute approximate surface area is 127 Å². The summed E-state index contributed by atoms with van der Waals surface area (Å²) in [6, 6.07) is 6.67. The summed E-state index contributed by atoms with van der Waals surface area (Å²) in [7, 11) is 3.42. The molecule has 2 heterocycles. The van der Waals surface area contributed by atoms with E-state index in [1.54, 1.807) is 36.2 Å². The third-order valence-corrected chi connectivity index (χ3v) is 3.49. The highest BCUT2D eigenvalue weighted by atomic mass is 16.7. The number of benzene rings is 1. The van der Waals surface area contributed by atoms with Crippen LogP contribution in [0.2, 0.25) is 0 Å². The first-order valence-corrected chi connectivity index (χ1v) is 6.86. The molecule has 0 radical (unpaired) electrons. The van der Waals surface area contributed by atoms with Crippen molar-refractivity contribution in [3.63, 3.8) is 0 Å². The van der Waals surface area contributed by atoms with Crippen molar-refractivity contribution < 1.29 is 19.0 Å². The van der Waals surface area contributed by atoms with Crippen molar-refractivity contribution in [2.75, 3.05) is 20.5 Å². The number of fused-ring (bicyclic) bond motifs is 1. The fourth-order valence-electron chi connectivity index (χ4n) is 2.37. The summed E-state index contributed by atoms with van der Waals surface area (Å²) in [5.74, 6) is 1.02. The average Bonchev–Trinajstić information content (AvgIpc) is 3.14. The topological polar surface area (TPSA) is 74.6 Å². The third kappa shape index (κ3) is 2.75. The zero-order chi connectivity index (χ0) is 15.5. The minimum absolute atomic E-state index is 0.182. The summed E-state index contributed by atoms with van der Waals surface area (Å²) in [6.45, 7) is 0.539. The first kappa shape index (κ1) is 14.4. The number of carbonyl (C=O) groups is 1. The van der Waals surface area contributed by atoms with Gasteiger partial charge in [0.1, 0.15) is 0 Å². The normalized spacial score (nSPS) is 13.9. The molecule has 1 N–H and O–H groups in total. The number of ether oxygens (including phenoxy) is 3. The van der Waals surface area contributed by atoms with E-state index in [9.17, 15) is 4.79 Å². The lowest BCUT2D eigenvalue weighted by atomic mass is 10.1. The SMILES string of the molecule is COC[C@H](NC(=O)c1ccc2c(c1)OCO2)c1ccnn1C. The molecule has 7 nitrogen and oxygen atoms in total. The molecule has 0 aliphatic carbocycles. The Kier molecular flexibility index (Phi) is 3.97. The largest absolute Gasteiger partial charge is 0.454 e. The maximum Gasteiger partial charge on any atom is 0.252 e. The Balaban J connectivity index is 1.78. The molecular formula is C15H17N3O4. The highest BCUT2D eigenvalue weighted by Crippen LogP contribution is 2.32. The van der Waals surface area contributed by atoms with Crippen LogP contribution in [0.25, 0.3) is 0 Å². The maximum atomic E-state index is 12.4. The van der Waals surface area contributed by atoms with Crippen molar-refractivity contribution in [2.24, 2.45) is 7.05 Å². The van der Waals surface area contributed by atoms with Gasteiger partial charge in [-0.15, -0.1) is 0 Å². The molecule has 22 heavy (non-hydrogen) atoms. The highest BCUT2D eigenvalue weighted by Gasteiger charge is 2.21. The number of methoxy groups -OCH3 is 1. The maximum absolute atomic E-state index is 12.4. The molecule has 116 valence electrons. The quantitative estimate of drug-likeness (QED) is 0.900. The number of aryl methyl sites for hydroxylation is 1. The molecule has 0 bridgehead atoms. The second kappa shape index (κ2) is 6.07. The van der Waals surface area contributed by atoms with Crippen LogP contribution in [0.1, 0.15) is 22.1 Å². The van der Waals surface area contributed by atoms with Gasteiger partial charge in [-0.1, -0.05) is 0 Å². The molecule has 0 spiro atoms. The molecule has 1 amide bonds. The predicted octanol–water partition coefficient (Wildman–Crippen LogP) is 1.27. The number of hydrogen-bond donors (Lipinski definition) is 1. The van der Waals surface area contributed by atoms with Crippen molar-refractivity contribution in [2.45, 2.75) is 6.04 Å². The van der Waals surface area contributed by atoms with Crippen molar-refractivity contribution >= 4 is 5.91 Å². The van der Waals surface area contributed by atoms with Gasteiger partial charge in [-0.3, -0.25) is 9.48 Å². The predicted molar refractivity (Wildman–Crippen MR) is 77.9 cm³/mol. The lowest BCUT2D eigenvalue weighted by Gasteiger charge is -2.18. The monoisotopic (exact) mass is 303 g/mol. The van der Waals surface area contributed by atoms with E-state index in [0.717, 1.165) is 5.69 Å². The van der Waals surface area contributed by atoms with Gasteiger partial charge in [0, 0.05) is 25.9 Å². The van der Waals surface area contributed by atoms with Gasteiger partial charge in [-0.25, -0.2) is 0 Å². The van der Waals surface area contributed by atoms with Crippen LogP contribution in [0, 0.1) is 0 Å². The second-order valence-corrected chi connectivity index (χ2v) is 4.93. The molecule has 1 aromatic carbocycles. The molecule has 0 fully saturated rings. The van der Waals surface area contributed by atoms with Crippen LogP contribution in [0.5, 0.6) is 11.5 Å². The molecule has 1 aliphatic rings. The van der Waals surface area contributed by atoms with Gasteiger partial charge in [0.2, 0.25) is 6.79 Å². The van der Waals surface area contributed by atoms with Crippen molar-refractivity contribution in [1.82, 2.24) is 15.1 Å². The summed E-state index contributed by atoms with van der Waals surface area (Å²) >= 11 is 0. The Bertz CT molecular complexity index is 683. The first-order chi connectivity index (χ1) is 10.7. The van der Waals surface area contributed by atoms with Gasteiger partial charge in [-0.05, 0) is 24.3 Å². The van der Waals surface area contributed by atoms with E-state index in [1.807, 2.05) is 13.1 Å². The van der Waals surface area contributed by atoms with Gasteiger partial charge in [0.05, 0.1) is 18.3 Å². The van der Waals surface area contributed by atoms with Crippen molar-refractivity contribution in [3.05, 3.63) is 41.7 Å². The van der Waals surface area contributed by atoms with Gasteiger partial charge in [-0.2, -0.15) is 5.10 Å². The minimum atomic E-state index is -0.282. The van der Waals surface area contributed by atoms with Gasteiger partial charge in [0.25, 0.3) is 5.91 Å². The Morgan fingerprint density at radius 1 is 1.41 bits per heavy atom. The smallest absolute Gasteiger partial charge is 0.252 e. The van der Waals surface area contributed by atoms with E-state index in [0.29, 0.717) is 23.7 Å². The van der Waals surface area contributed by atoms with Crippen molar-refractivity contribution in [1.29, 1.82) is 0 Å². The molecule has 0 saturated heterocycles. The van der Waals surface area contributed by atoms with E-state index in [-0.39, 0.29) is 18.7 Å². The van der Waals surface area contributed by atoms with E-state index in [1.165, 1.54) is 0 Å². The number of carbonyl (C=O) groups excluding carboxylic acids is 1. The number of aromatic nitrogens is 2. The summed E-state index contributed by atoms with van der Waals surface area (Å²) < 4.78 is 17.4. The van der Waals surface area contributed by atoms with Gasteiger partial charge >= 0.3 is 0 Å². The van der Waals surface area contributed by atoms with Crippen LogP contribution in [-0.4, -0.2) is 36.2 Å². The van der Waals surface area contributed by atoms with Crippen LogP contribution in [0.4, 0.5) is 0 Å². The van der Waals surface area contributed by atoms with E-state index in [4.69, 9.17) is 14.2 Å². The van der Waals surface area contributed by atoms with E-state index >= 15 is 0 Å². The summed E-state index contributed by atoms with van der Waals surface area (Å²) in [6.07, 6.45) is 1.69. The number of nitrogens with one attached hydrogen (secondary N) is 1. The molecule has 0 saturated carbocycles. The third-order valence-electron chi connectivity index (χ3n) is 3.49. The Morgan fingerprint density at radius 3 is 2.95 bits per heavy atom. The highest BCUT2D eigenvalue weighted by molar-refractivity contribution is 5.95. The minimum Gasteiger partial charge on any atom is -0.454 e. The Morgan fingerprint density at radius 2 is 2.23 bits per heavy atom.